The van der Waals surface area contributed by atoms with E-state index in [1.165, 1.54) is 44.2 Å². The molecule has 1 aromatic heterocycles. The van der Waals surface area contributed by atoms with Gasteiger partial charge in [-0.25, -0.2) is 4.79 Å². The van der Waals surface area contributed by atoms with E-state index in [2.05, 4.69) is 20.8 Å². The average Bonchev–Trinajstić information content (AvgIpc) is 3.32. The van der Waals surface area contributed by atoms with Crippen molar-refractivity contribution in [2.75, 3.05) is 25.3 Å². The third-order valence-electron chi connectivity index (χ3n) is 5.31. The van der Waals surface area contributed by atoms with Crippen molar-refractivity contribution < 1.29 is 28.6 Å². The number of hydrogen-bond acceptors (Lipinski definition) is 9. The maximum absolute atomic E-state index is 12.7. The Morgan fingerprint density at radius 3 is 2.41 bits per heavy atom. The van der Waals surface area contributed by atoms with E-state index >= 15 is 0 Å². The Kier molecular flexibility index (Phi) is 10.6. The molecule has 0 unspecified atom stereocenters. The molecule has 2 N–H and O–H groups in total. The van der Waals surface area contributed by atoms with Crippen LogP contribution < -0.4 is 20.1 Å². The van der Waals surface area contributed by atoms with Crippen LogP contribution in [0.1, 0.15) is 47.3 Å². The minimum Gasteiger partial charge on any atom is -0.493 e. The van der Waals surface area contributed by atoms with Crippen molar-refractivity contribution in [3.8, 4) is 11.5 Å². The number of hydrogen-bond donors (Lipinski definition) is 2. The number of thioether (sulfide) groups is 1. The lowest BCUT2D eigenvalue weighted by molar-refractivity contribution is -0.113. The van der Waals surface area contributed by atoms with E-state index in [4.69, 9.17) is 25.8 Å². The van der Waals surface area contributed by atoms with Gasteiger partial charge in [0.15, 0.2) is 22.5 Å². The van der Waals surface area contributed by atoms with Crippen LogP contribution in [0.25, 0.3) is 0 Å². The van der Waals surface area contributed by atoms with Crippen LogP contribution in [0.4, 0.5) is 5.69 Å². The first-order valence-corrected chi connectivity index (χ1v) is 13.4. The molecule has 0 spiro atoms. The summed E-state index contributed by atoms with van der Waals surface area (Å²) in [5.74, 6) is 0.364. The third kappa shape index (κ3) is 7.87. The molecule has 0 aliphatic heterocycles. The Morgan fingerprint density at radius 1 is 1.03 bits per heavy atom. The van der Waals surface area contributed by atoms with Gasteiger partial charge in [-0.2, -0.15) is 0 Å². The number of nitrogens with zero attached hydrogens (tertiary/aromatic N) is 3. The average molecular weight is 576 g/mol. The van der Waals surface area contributed by atoms with Gasteiger partial charge in [0.05, 0.1) is 48.9 Å². The number of anilines is 1. The maximum atomic E-state index is 12.7. The van der Waals surface area contributed by atoms with Crippen LogP contribution >= 0.6 is 23.4 Å². The number of halogens is 1. The van der Waals surface area contributed by atoms with Crippen LogP contribution in [-0.4, -0.2) is 58.6 Å². The van der Waals surface area contributed by atoms with Crippen molar-refractivity contribution >= 4 is 46.8 Å². The van der Waals surface area contributed by atoms with Crippen LogP contribution in [0, 0.1) is 0 Å². The fourth-order valence-electron chi connectivity index (χ4n) is 3.46. The Morgan fingerprint density at radius 2 is 1.74 bits per heavy atom. The van der Waals surface area contributed by atoms with Gasteiger partial charge in [0.1, 0.15) is 0 Å². The third-order valence-corrected chi connectivity index (χ3v) is 6.61. The Labute approximate surface area is 235 Å². The van der Waals surface area contributed by atoms with Gasteiger partial charge in [-0.1, -0.05) is 23.4 Å². The standard InChI is InChI=1S/C26H30ClN5O6S/c1-6-32-22(13-28-24(34)16-8-10-20(36-4)21(12-16)37-5)30-31-26(32)39-14-23(33)29-19-11-17(7-9-18(19)27)25(35)38-15(2)3/h7-12,15H,6,13-14H2,1-5H3,(H,28,34)(H,29,33). The topological polar surface area (TPSA) is 134 Å². The molecule has 0 bridgehead atoms. The van der Waals surface area contributed by atoms with E-state index in [0.29, 0.717) is 45.3 Å². The predicted molar refractivity (Wildman–Crippen MR) is 148 cm³/mol. The van der Waals surface area contributed by atoms with Gasteiger partial charge in [0.25, 0.3) is 5.91 Å². The second kappa shape index (κ2) is 13.9. The SMILES string of the molecule is CCn1c(CNC(=O)c2ccc(OC)c(OC)c2)nnc1SCC(=O)Nc1cc(C(=O)OC(C)C)ccc1Cl. The number of methoxy groups -OCH3 is 2. The summed E-state index contributed by atoms with van der Waals surface area (Å²) in [6.07, 6.45) is -0.275. The summed E-state index contributed by atoms with van der Waals surface area (Å²) in [6, 6.07) is 9.42. The van der Waals surface area contributed by atoms with Crippen molar-refractivity contribution in [3.63, 3.8) is 0 Å². The van der Waals surface area contributed by atoms with Gasteiger partial charge in [-0.3, -0.25) is 9.59 Å². The molecular formula is C26H30ClN5O6S. The second-order valence-electron chi connectivity index (χ2n) is 8.38. The van der Waals surface area contributed by atoms with Gasteiger partial charge >= 0.3 is 5.97 Å². The summed E-state index contributed by atoms with van der Waals surface area (Å²) in [4.78, 5) is 37.5. The summed E-state index contributed by atoms with van der Waals surface area (Å²) in [7, 11) is 3.02. The zero-order valence-corrected chi connectivity index (χ0v) is 23.8. The van der Waals surface area contributed by atoms with Crippen LogP contribution in [0.3, 0.4) is 0 Å². The van der Waals surface area contributed by atoms with Gasteiger partial charge in [-0.15, -0.1) is 10.2 Å². The van der Waals surface area contributed by atoms with Gasteiger partial charge in [0.2, 0.25) is 5.91 Å². The number of carbonyl (C=O) groups is 3. The van der Waals surface area contributed by atoms with E-state index < -0.39 is 5.97 Å². The predicted octanol–water partition coefficient (Wildman–Crippen LogP) is 4.19. The fourth-order valence-corrected chi connectivity index (χ4v) is 4.45. The molecule has 2 amide bonds. The molecule has 2 aromatic carbocycles. The molecule has 0 radical (unpaired) electrons. The van der Waals surface area contributed by atoms with Crippen LogP contribution in [0.2, 0.25) is 5.02 Å². The molecule has 0 saturated heterocycles. The molecule has 0 saturated carbocycles. The van der Waals surface area contributed by atoms with E-state index in [1.54, 1.807) is 32.0 Å². The quantitative estimate of drug-likeness (QED) is 0.241. The summed E-state index contributed by atoms with van der Waals surface area (Å²) < 4.78 is 17.5. The Hall–Kier alpha value is -3.77. The molecule has 1 heterocycles. The minimum absolute atomic E-state index is 0.0210. The number of nitrogens with one attached hydrogen (secondary N) is 2. The zero-order chi connectivity index (χ0) is 28.5. The molecule has 0 aliphatic carbocycles. The second-order valence-corrected chi connectivity index (χ2v) is 9.73. The lowest BCUT2D eigenvalue weighted by atomic mass is 10.2. The van der Waals surface area contributed by atoms with E-state index in [0.717, 1.165) is 0 Å². The highest BCUT2D eigenvalue weighted by atomic mass is 35.5. The van der Waals surface area contributed by atoms with Gasteiger partial charge in [0, 0.05) is 12.1 Å². The maximum Gasteiger partial charge on any atom is 0.338 e. The number of carbonyl (C=O) groups excluding carboxylic acids is 3. The Bertz CT molecular complexity index is 1350. The minimum atomic E-state index is -0.506. The first-order valence-electron chi connectivity index (χ1n) is 12.0. The molecular weight excluding hydrogens is 546 g/mol. The van der Waals surface area contributed by atoms with Gasteiger partial charge in [-0.05, 0) is 57.2 Å². The summed E-state index contributed by atoms with van der Waals surface area (Å²) in [5.41, 5.74) is 0.985. The van der Waals surface area contributed by atoms with Crippen molar-refractivity contribution in [1.29, 1.82) is 0 Å². The first-order chi connectivity index (χ1) is 18.7. The van der Waals surface area contributed by atoms with E-state index in [9.17, 15) is 14.4 Å². The molecule has 0 atom stereocenters. The number of rotatable bonds is 12. The summed E-state index contributed by atoms with van der Waals surface area (Å²) in [6.45, 7) is 6.08. The molecule has 11 nitrogen and oxygen atoms in total. The highest BCUT2D eigenvalue weighted by Gasteiger charge is 2.17. The van der Waals surface area contributed by atoms with Crippen molar-refractivity contribution in [2.24, 2.45) is 0 Å². The number of amides is 2. The summed E-state index contributed by atoms with van der Waals surface area (Å²) in [5, 5.41) is 14.7. The van der Waals surface area contributed by atoms with E-state index in [1.807, 2.05) is 11.5 Å². The molecule has 3 aromatic rings. The largest absolute Gasteiger partial charge is 0.493 e. The normalized spacial score (nSPS) is 10.7. The molecule has 0 aliphatic rings. The van der Waals surface area contributed by atoms with E-state index in [-0.39, 0.29) is 35.8 Å². The molecule has 39 heavy (non-hydrogen) atoms. The lowest BCUT2D eigenvalue weighted by Gasteiger charge is -2.12. The molecule has 208 valence electrons. The van der Waals surface area contributed by atoms with Crippen LogP contribution in [0.5, 0.6) is 11.5 Å². The van der Waals surface area contributed by atoms with Crippen molar-refractivity contribution in [2.45, 2.75) is 45.1 Å². The summed E-state index contributed by atoms with van der Waals surface area (Å²) >= 11 is 7.39. The highest BCUT2D eigenvalue weighted by Crippen LogP contribution is 2.28. The van der Waals surface area contributed by atoms with Crippen LogP contribution in [0.15, 0.2) is 41.6 Å². The molecule has 3 rings (SSSR count). The van der Waals surface area contributed by atoms with Crippen molar-refractivity contribution in [1.82, 2.24) is 20.1 Å². The number of benzene rings is 2. The smallest absolute Gasteiger partial charge is 0.338 e. The lowest BCUT2D eigenvalue weighted by Crippen LogP contribution is -2.25. The molecule has 13 heteroatoms. The Balaban J connectivity index is 1.60. The number of aromatic nitrogens is 3. The first kappa shape index (κ1) is 29.8. The number of esters is 1. The monoisotopic (exact) mass is 575 g/mol. The van der Waals surface area contributed by atoms with Gasteiger partial charge < -0.3 is 29.4 Å². The van der Waals surface area contributed by atoms with Crippen molar-refractivity contribution in [3.05, 3.63) is 58.4 Å². The van der Waals surface area contributed by atoms with Crippen LogP contribution in [-0.2, 0) is 22.6 Å². The fraction of sp³-hybridized carbons (Fsp3) is 0.346. The highest BCUT2D eigenvalue weighted by molar-refractivity contribution is 7.99. The number of ether oxygens (including phenoxy) is 3. The zero-order valence-electron chi connectivity index (χ0n) is 22.2. The molecule has 0 fully saturated rings.